The lowest BCUT2D eigenvalue weighted by Crippen LogP contribution is -1.91. The zero-order valence-corrected chi connectivity index (χ0v) is 6.79. The fourth-order valence-corrected chi connectivity index (χ4v) is 1.08. The first-order valence-electron chi connectivity index (χ1n) is 3.56. The van der Waals surface area contributed by atoms with Crippen LogP contribution in [0.25, 0.3) is 0 Å². The van der Waals surface area contributed by atoms with Crippen LogP contribution in [0.2, 0.25) is 0 Å². The standard InChI is InChI=1S/C9H12O2/c1-7-3-4-9(6-11-10)8(2)5-7/h3-5,10H,6H2,1-2H3. The lowest BCUT2D eigenvalue weighted by atomic mass is 10.1. The molecule has 1 aromatic carbocycles. The molecule has 60 valence electrons. The Bertz CT molecular complexity index is 243. The van der Waals surface area contributed by atoms with Crippen molar-refractivity contribution in [2.24, 2.45) is 0 Å². The van der Waals surface area contributed by atoms with Crippen LogP contribution in [-0.4, -0.2) is 5.26 Å². The van der Waals surface area contributed by atoms with E-state index in [1.807, 2.05) is 26.0 Å². The van der Waals surface area contributed by atoms with Crippen molar-refractivity contribution >= 4 is 0 Å². The molecule has 0 atom stereocenters. The molecule has 0 fully saturated rings. The Morgan fingerprint density at radius 2 is 2.09 bits per heavy atom. The van der Waals surface area contributed by atoms with Crippen molar-refractivity contribution in [1.29, 1.82) is 0 Å². The molecule has 0 aliphatic rings. The van der Waals surface area contributed by atoms with Crippen LogP contribution >= 0.6 is 0 Å². The molecule has 0 aliphatic carbocycles. The fourth-order valence-electron chi connectivity index (χ4n) is 1.08. The summed E-state index contributed by atoms with van der Waals surface area (Å²) in [6, 6.07) is 6.02. The third-order valence-electron chi connectivity index (χ3n) is 1.72. The van der Waals surface area contributed by atoms with Crippen LogP contribution in [0, 0.1) is 13.8 Å². The highest BCUT2D eigenvalue weighted by molar-refractivity contribution is 5.29. The van der Waals surface area contributed by atoms with E-state index >= 15 is 0 Å². The maximum atomic E-state index is 8.21. The van der Waals surface area contributed by atoms with E-state index < -0.39 is 0 Å². The first kappa shape index (κ1) is 8.24. The zero-order chi connectivity index (χ0) is 8.27. The SMILES string of the molecule is Cc1ccc(COO)c(C)c1. The molecule has 2 nitrogen and oxygen atoms in total. The molecule has 11 heavy (non-hydrogen) atoms. The second kappa shape index (κ2) is 3.51. The average Bonchev–Trinajstić information content (AvgIpc) is 1.95. The second-order valence-corrected chi connectivity index (χ2v) is 2.70. The van der Waals surface area contributed by atoms with Gasteiger partial charge in [0.15, 0.2) is 0 Å². The molecule has 0 saturated heterocycles. The van der Waals surface area contributed by atoms with Gasteiger partial charge in [0.05, 0.1) is 0 Å². The molecule has 1 N–H and O–H groups in total. The van der Waals surface area contributed by atoms with Gasteiger partial charge < -0.3 is 0 Å². The van der Waals surface area contributed by atoms with Gasteiger partial charge in [-0.25, -0.2) is 4.89 Å². The van der Waals surface area contributed by atoms with Gasteiger partial charge in [-0.1, -0.05) is 23.8 Å². The average molecular weight is 152 g/mol. The van der Waals surface area contributed by atoms with Gasteiger partial charge in [0.25, 0.3) is 0 Å². The third kappa shape index (κ3) is 2.03. The minimum absolute atomic E-state index is 0.270. The molecule has 0 radical (unpaired) electrons. The quantitative estimate of drug-likeness (QED) is 0.520. The predicted octanol–water partition coefficient (Wildman–Crippen LogP) is 2.29. The maximum absolute atomic E-state index is 8.21. The van der Waals surface area contributed by atoms with Gasteiger partial charge in [0.1, 0.15) is 6.61 Å². The van der Waals surface area contributed by atoms with Crippen LogP contribution in [0.3, 0.4) is 0 Å². The molecule has 0 saturated carbocycles. The highest BCUT2D eigenvalue weighted by Crippen LogP contribution is 2.10. The molecule has 0 spiro atoms. The Morgan fingerprint density at radius 1 is 1.36 bits per heavy atom. The van der Waals surface area contributed by atoms with E-state index in [2.05, 4.69) is 11.0 Å². The second-order valence-electron chi connectivity index (χ2n) is 2.70. The predicted molar refractivity (Wildman–Crippen MR) is 43.3 cm³/mol. The van der Waals surface area contributed by atoms with Gasteiger partial charge in [0.2, 0.25) is 0 Å². The summed E-state index contributed by atoms with van der Waals surface area (Å²) in [6.07, 6.45) is 0. The minimum atomic E-state index is 0.270. The van der Waals surface area contributed by atoms with E-state index in [1.54, 1.807) is 0 Å². The monoisotopic (exact) mass is 152 g/mol. The normalized spacial score (nSPS) is 10.1. The van der Waals surface area contributed by atoms with Crippen LogP contribution in [-0.2, 0) is 11.5 Å². The topological polar surface area (TPSA) is 29.5 Å². The Morgan fingerprint density at radius 3 is 2.64 bits per heavy atom. The van der Waals surface area contributed by atoms with Crippen molar-refractivity contribution in [2.75, 3.05) is 0 Å². The summed E-state index contributed by atoms with van der Waals surface area (Å²) in [5.74, 6) is 0. The fraction of sp³-hybridized carbons (Fsp3) is 0.333. The van der Waals surface area contributed by atoms with Gasteiger partial charge in [-0.3, -0.25) is 5.26 Å². The van der Waals surface area contributed by atoms with E-state index in [-0.39, 0.29) is 6.61 Å². The Balaban J connectivity index is 2.90. The number of hydrogen-bond acceptors (Lipinski definition) is 2. The van der Waals surface area contributed by atoms with Gasteiger partial charge in [-0.2, -0.15) is 0 Å². The maximum Gasteiger partial charge on any atom is 0.107 e. The minimum Gasteiger partial charge on any atom is -0.251 e. The van der Waals surface area contributed by atoms with Crippen molar-refractivity contribution in [1.82, 2.24) is 0 Å². The van der Waals surface area contributed by atoms with Gasteiger partial charge in [0, 0.05) is 0 Å². The van der Waals surface area contributed by atoms with Crippen LogP contribution in [0.15, 0.2) is 18.2 Å². The zero-order valence-electron chi connectivity index (χ0n) is 6.79. The summed E-state index contributed by atoms with van der Waals surface area (Å²) < 4.78 is 0. The molecule has 0 aromatic heterocycles. The van der Waals surface area contributed by atoms with Crippen molar-refractivity contribution in [3.63, 3.8) is 0 Å². The Kier molecular flexibility index (Phi) is 2.63. The number of hydrogen-bond donors (Lipinski definition) is 1. The van der Waals surface area contributed by atoms with Gasteiger partial charge in [-0.15, -0.1) is 0 Å². The molecular weight excluding hydrogens is 140 g/mol. The van der Waals surface area contributed by atoms with Gasteiger partial charge >= 0.3 is 0 Å². The van der Waals surface area contributed by atoms with E-state index in [4.69, 9.17) is 5.26 Å². The summed E-state index contributed by atoms with van der Waals surface area (Å²) in [4.78, 5) is 4.05. The molecule has 0 amide bonds. The van der Waals surface area contributed by atoms with Gasteiger partial charge in [-0.05, 0) is 25.0 Å². The van der Waals surface area contributed by atoms with Crippen LogP contribution in [0.1, 0.15) is 16.7 Å². The summed E-state index contributed by atoms with van der Waals surface area (Å²) in [6.45, 7) is 4.31. The smallest absolute Gasteiger partial charge is 0.107 e. The lowest BCUT2D eigenvalue weighted by molar-refractivity contribution is -0.253. The summed E-state index contributed by atoms with van der Waals surface area (Å²) >= 11 is 0. The van der Waals surface area contributed by atoms with Crippen molar-refractivity contribution < 1.29 is 10.1 Å². The number of rotatable bonds is 2. The summed E-state index contributed by atoms with van der Waals surface area (Å²) in [5.41, 5.74) is 3.40. The first-order valence-corrected chi connectivity index (χ1v) is 3.56. The van der Waals surface area contributed by atoms with E-state index in [1.165, 1.54) is 5.56 Å². The molecule has 0 aliphatic heterocycles. The molecule has 0 unspecified atom stereocenters. The van der Waals surface area contributed by atoms with Crippen LogP contribution in [0.4, 0.5) is 0 Å². The highest BCUT2D eigenvalue weighted by Gasteiger charge is 1.96. The van der Waals surface area contributed by atoms with E-state index in [0.717, 1.165) is 11.1 Å². The first-order chi connectivity index (χ1) is 5.24. The molecule has 2 heteroatoms. The summed E-state index contributed by atoms with van der Waals surface area (Å²) in [5, 5.41) is 8.21. The van der Waals surface area contributed by atoms with Crippen LogP contribution in [0.5, 0.6) is 0 Å². The van der Waals surface area contributed by atoms with E-state index in [0.29, 0.717) is 0 Å². The highest BCUT2D eigenvalue weighted by atomic mass is 17.1. The van der Waals surface area contributed by atoms with Crippen molar-refractivity contribution in [2.45, 2.75) is 20.5 Å². The molecule has 0 bridgehead atoms. The Labute approximate surface area is 66.4 Å². The number of aryl methyl sites for hydroxylation is 2. The van der Waals surface area contributed by atoms with Crippen molar-refractivity contribution in [3.05, 3.63) is 34.9 Å². The lowest BCUT2D eigenvalue weighted by Gasteiger charge is -2.03. The molecule has 1 aromatic rings. The Hall–Kier alpha value is -0.860. The molecule has 0 heterocycles. The van der Waals surface area contributed by atoms with E-state index in [9.17, 15) is 0 Å². The molecule has 1 rings (SSSR count). The third-order valence-corrected chi connectivity index (χ3v) is 1.72. The molecular formula is C9H12O2. The number of benzene rings is 1. The van der Waals surface area contributed by atoms with Crippen LogP contribution < -0.4 is 0 Å². The largest absolute Gasteiger partial charge is 0.251 e. The summed E-state index contributed by atoms with van der Waals surface area (Å²) in [7, 11) is 0. The van der Waals surface area contributed by atoms with Crippen molar-refractivity contribution in [3.8, 4) is 0 Å².